The first-order valence-corrected chi connectivity index (χ1v) is 28.3. The topological polar surface area (TPSA) is 175 Å². The molecular weight excluding hydrogens is 901 g/mol. The lowest BCUT2D eigenvalue weighted by Gasteiger charge is -2.40. The van der Waals surface area contributed by atoms with Gasteiger partial charge in [0.15, 0.2) is 24.6 Å². The highest BCUT2D eigenvalue weighted by Crippen LogP contribution is 2.26. The number of carbonyl (C=O) groups excluding carboxylic acids is 3. The van der Waals surface area contributed by atoms with Crippen LogP contribution in [-0.2, 0) is 42.9 Å². The zero-order valence-electron chi connectivity index (χ0n) is 44.7. The summed E-state index contributed by atoms with van der Waals surface area (Å²) in [6, 6.07) is 0. The van der Waals surface area contributed by atoms with Crippen LogP contribution in [0, 0.1) is 0 Å². The van der Waals surface area contributed by atoms with Crippen LogP contribution in [0.25, 0.3) is 0 Å². The molecule has 12 heteroatoms. The molecule has 0 saturated carbocycles. The molecule has 1 saturated heterocycles. The Labute approximate surface area is 430 Å². The number of hydrogen-bond donors (Lipinski definition) is 3. The van der Waals surface area contributed by atoms with Crippen molar-refractivity contribution in [2.75, 3.05) is 13.2 Å². The molecule has 0 aliphatic carbocycles. The van der Waals surface area contributed by atoms with Crippen molar-refractivity contribution >= 4 is 23.9 Å². The van der Waals surface area contributed by atoms with Crippen LogP contribution in [0.4, 0.5) is 0 Å². The van der Waals surface area contributed by atoms with E-state index in [1.807, 2.05) is 0 Å². The Bertz CT molecular complexity index is 1470. The molecule has 12 nitrogen and oxygen atoms in total. The Kier molecular flexibility index (Phi) is 43.7. The average molecular weight is 1000 g/mol. The normalized spacial score (nSPS) is 18.9. The Balaban J connectivity index is 2.73. The fraction of sp³-hybridized carbons (Fsp3) is 0.763. The molecule has 6 atom stereocenters. The van der Waals surface area contributed by atoms with E-state index in [2.05, 4.69) is 81.5 Å². The maximum absolute atomic E-state index is 13.1. The molecule has 0 spiro atoms. The smallest absolute Gasteiger partial charge is 0.335 e. The van der Waals surface area contributed by atoms with Gasteiger partial charge in [-0.15, -0.1) is 0 Å². The van der Waals surface area contributed by atoms with Gasteiger partial charge in [-0.25, -0.2) is 4.79 Å². The van der Waals surface area contributed by atoms with Crippen LogP contribution < -0.4 is 0 Å². The number of hydrogen-bond acceptors (Lipinski definition) is 11. The van der Waals surface area contributed by atoms with E-state index in [4.69, 9.17) is 23.7 Å². The fourth-order valence-electron chi connectivity index (χ4n) is 8.24. The van der Waals surface area contributed by atoms with Gasteiger partial charge in [0.05, 0.1) is 6.61 Å². The number of rotatable bonds is 47. The monoisotopic (exact) mass is 1000 g/mol. The molecule has 3 N–H and O–H groups in total. The maximum Gasteiger partial charge on any atom is 0.335 e. The van der Waals surface area contributed by atoms with Gasteiger partial charge in [-0.1, -0.05) is 197 Å². The zero-order chi connectivity index (χ0) is 51.8. The van der Waals surface area contributed by atoms with Crippen LogP contribution in [0.15, 0.2) is 60.8 Å². The third-order valence-corrected chi connectivity index (χ3v) is 12.6. The number of allylic oxidation sites excluding steroid dienone is 10. The van der Waals surface area contributed by atoms with Crippen molar-refractivity contribution in [3.05, 3.63) is 60.8 Å². The highest BCUT2D eigenvalue weighted by Gasteiger charge is 2.50. The number of carbonyl (C=O) groups is 4. The lowest BCUT2D eigenvalue weighted by molar-refractivity contribution is -0.301. The number of aliphatic hydroxyl groups is 2. The summed E-state index contributed by atoms with van der Waals surface area (Å²) in [4.78, 5) is 51.0. The van der Waals surface area contributed by atoms with Crippen molar-refractivity contribution in [2.24, 2.45) is 0 Å². The van der Waals surface area contributed by atoms with Gasteiger partial charge in [-0.2, -0.15) is 0 Å². The van der Waals surface area contributed by atoms with Gasteiger partial charge >= 0.3 is 23.9 Å². The number of carboxylic acid groups (broad SMARTS) is 1. The first kappa shape index (κ1) is 65.4. The minimum Gasteiger partial charge on any atom is -0.479 e. The molecule has 6 unspecified atom stereocenters. The predicted molar refractivity (Wildman–Crippen MR) is 285 cm³/mol. The molecule has 1 aliphatic heterocycles. The fourth-order valence-corrected chi connectivity index (χ4v) is 8.24. The molecule has 0 aromatic rings. The molecule has 1 fully saturated rings. The van der Waals surface area contributed by atoms with E-state index in [0.717, 1.165) is 109 Å². The third kappa shape index (κ3) is 37.8. The van der Waals surface area contributed by atoms with Crippen LogP contribution in [0.3, 0.4) is 0 Å². The number of aliphatic carboxylic acids is 1. The molecular formula is C59H100O12. The quantitative estimate of drug-likeness (QED) is 0.0228. The summed E-state index contributed by atoms with van der Waals surface area (Å²) >= 11 is 0. The second kappa shape index (κ2) is 47.4. The van der Waals surface area contributed by atoms with Crippen molar-refractivity contribution in [3.8, 4) is 0 Å². The van der Waals surface area contributed by atoms with Crippen LogP contribution in [0.5, 0.6) is 0 Å². The van der Waals surface area contributed by atoms with E-state index in [1.54, 1.807) is 0 Å². The molecule has 408 valence electrons. The van der Waals surface area contributed by atoms with Crippen LogP contribution in [-0.4, -0.2) is 89.2 Å². The van der Waals surface area contributed by atoms with E-state index in [-0.39, 0.29) is 25.9 Å². The van der Waals surface area contributed by atoms with Gasteiger partial charge in [0, 0.05) is 19.3 Å². The first-order valence-electron chi connectivity index (χ1n) is 28.3. The van der Waals surface area contributed by atoms with Gasteiger partial charge in [-0.3, -0.25) is 14.4 Å². The summed E-state index contributed by atoms with van der Waals surface area (Å²) in [5, 5.41) is 31.4. The van der Waals surface area contributed by atoms with Crippen molar-refractivity contribution in [1.29, 1.82) is 0 Å². The number of carboxylic acids is 1. The number of aliphatic hydroxyl groups excluding tert-OH is 2. The van der Waals surface area contributed by atoms with Gasteiger partial charge < -0.3 is 39.0 Å². The average Bonchev–Trinajstić information content (AvgIpc) is 3.35. The van der Waals surface area contributed by atoms with Gasteiger partial charge in [0.2, 0.25) is 0 Å². The lowest BCUT2D eigenvalue weighted by Crippen LogP contribution is -2.61. The number of ether oxygens (including phenoxy) is 5. The molecule has 0 radical (unpaired) electrons. The molecule has 0 aromatic heterocycles. The van der Waals surface area contributed by atoms with Gasteiger partial charge in [-0.05, 0) is 83.5 Å². The SMILES string of the molecule is CC/C=C\C/C=C\C/C=C\CCCCCC(=O)OC(COC(=O)CCCCCCC/C=C\C/C=C\CCCCC)COC1OC(C(=O)O)C(O)C(O)C1OC(=O)CCCCCCCCCCCCCCC. The van der Waals surface area contributed by atoms with E-state index in [1.165, 1.54) is 70.6 Å². The minimum atomic E-state index is -1.91. The zero-order valence-corrected chi connectivity index (χ0v) is 44.7. The Hall–Kier alpha value is -3.58. The van der Waals surface area contributed by atoms with Gasteiger partial charge in [0.25, 0.3) is 0 Å². The highest BCUT2D eigenvalue weighted by molar-refractivity contribution is 5.74. The summed E-state index contributed by atoms with van der Waals surface area (Å²) in [6.45, 7) is 5.80. The minimum absolute atomic E-state index is 0.0574. The first-order chi connectivity index (χ1) is 34.6. The van der Waals surface area contributed by atoms with Gasteiger partial charge in [0.1, 0.15) is 18.8 Å². The summed E-state index contributed by atoms with van der Waals surface area (Å²) in [5.41, 5.74) is 0. The summed E-state index contributed by atoms with van der Waals surface area (Å²) in [5.74, 6) is -3.17. The second-order valence-corrected chi connectivity index (χ2v) is 19.2. The van der Waals surface area contributed by atoms with Crippen molar-refractivity contribution in [2.45, 2.75) is 276 Å². The van der Waals surface area contributed by atoms with Crippen molar-refractivity contribution in [1.82, 2.24) is 0 Å². The van der Waals surface area contributed by atoms with Crippen LogP contribution in [0.1, 0.15) is 239 Å². The number of esters is 3. The molecule has 0 aromatic carbocycles. The number of unbranched alkanes of at least 4 members (excludes halogenated alkanes) is 23. The standard InChI is InChI=1S/C59H100O12/c1-4-7-10-13-16-19-22-25-26-29-30-33-36-39-42-45-51(60)67-48-50(69-52(61)46-43-40-37-34-31-27-23-20-17-14-11-8-5-2)49-68-59-57(55(64)54(63)56(71-59)58(65)66)70-53(62)47-44-41-38-35-32-28-24-21-18-15-12-9-6-3/h8,11,16-17,19-20,25-27,31,50,54-57,59,63-64H,4-7,9-10,12-15,18,21-24,28-30,32-49H2,1-3H3,(H,65,66)/b11-8-,19-16-,20-17-,26-25-,31-27-. The Morgan fingerprint density at radius 3 is 1.39 bits per heavy atom. The van der Waals surface area contributed by atoms with Crippen LogP contribution in [0.2, 0.25) is 0 Å². The summed E-state index contributed by atoms with van der Waals surface area (Å²) in [7, 11) is 0. The summed E-state index contributed by atoms with van der Waals surface area (Å²) < 4.78 is 28.3. The second-order valence-electron chi connectivity index (χ2n) is 19.2. The van der Waals surface area contributed by atoms with E-state index >= 15 is 0 Å². The van der Waals surface area contributed by atoms with Crippen molar-refractivity contribution in [3.63, 3.8) is 0 Å². The van der Waals surface area contributed by atoms with Crippen LogP contribution >= 0.6 is 0 Å². The van der Waals surface area contributed by atoms with E-state index in [0.29, 0.717) is 19.3 Å². The molecule has 0 bridgehead atoms. The lowest BCUT2D eigenvalue weighted by atomic mass is 9.98. The Morgan fingerprint density at radius 1 is 0.479 bits per heavy atom. The molecule has 1 rings (SSSR count). The largest absolute Gasteiger partial charge is 0.479 e. The molecule has 1 heterocycles. The highest BCUT2D eigenvalue weighted by atomic mass is 16.7. The van der Waals surface area contributed by atoms with E-state index < -0.39 is 67.3 Å². The molecule has 71 heavy (non-hydrogen) atoms. The predicted octanol–water partition coefficient (Wildman–Crippen LogP) is 14.0. The maximum atomic E-state index is 13.1. The Morgan fingerprint density at radius 2 is 0.887 bits per heavy atom. The third-order valence-electron chi connectivity index (χ3n) is 12.6. The molecule has 0 amide bonds. The van der Waals surface area contributed by atoms with Crippen molar-refractivity contribution < 1.29 is 58.2 Å². The summed E-state index contributed by atoms with van der Waals surface area (Å²) in [6.07, 6.45) is 44.8. The molecule has 1 aliphatic rings. The van der Waals surface area contributed by atoms with E-state index in [9.17, 15) is 34.5 Å².